The number of benzene rings is 5. The van der Waals surface area contributed by atoms with Crippen molar-refractivity contribution in [1.29, 1.82) is 0 Å². The molecule has 0 aliphatic carbocycles. The molecule has 6 heteroatoms. The summed E-state index contributed by atoms with van der Waals surface area (Å²) >= 11 is 0. The van der Waals surface area contributed by atoms with Crippen LogP contribution in [0.4, 0.5) is 28.4 Å². The average Bonchev–Trinajstić information content (AvgIpc) is 2.84. The van der Waals surface area contributed by atoms with Crippen molar-refractivity contribution < 1.29 is 5.11 Å². The third-order valence-electron chi connectivity index (χ3n) is 5.20. The molecule has 0 radical (unpaired) electrons. The van der Waals surface area contributed by atoms with Crippen molar-refractivity contribution in [2.45, 2.75) is 0 Å². The molecular formula is C26H19N5O. The summed E-state index contributed by atoms with van der Waals surface area (Å²) in [4.78, 5) is 0. The summed E-state index contributed by atoms with van der Waals surface area (Å²) < 4.78 is 0. The Morgan fingerprint density at radius 2 is 1.06 bits per heavy atom. The smallest absolute Gasteiger partial charge is 0.125 e. The van der Waals surface area contributed by atoms with Gasteiger partial charge in [0.1, 0.15) is 5.75 Å². The van der Waals surface area contributed by atoms with Gasteiger partial charge in [0.2, 0.25) is 0 Å². The van der Waals surface area contributed by atoms with Crippen molar-refractivity contribution in [1.82, 2.24) is 0 Å². The zero-order valence-corrected chi connectivity index (χ0v) is 17.1. The molecule has 0 aliphatic rings. The summed E-state index contributed by atoms with van der Waals surface area (Å²) in [5, 5.41) is 31.2. The van der Waals surface area contributed by atoms with Gasteiger partial charge in [0.15, 0.2) is 0 Å². The van der Waals surface area contributed by atoms with Crippen LogP contribution < -0.4 is 5.73 Å². The van der Waals surface area contributed by atoms with E-state index in [0.29, 0.717) is 22.4 Å². The van der Waals surface area contributed by atoms with Gasteiger partial charge in [-0.2, -0.15) is 5.11 Å². The summed E-state index contributed by atoms with van der Waals surface area (Å²) in [6.45, 7) is 0. The lowest BCUT2D eigenvalue weighted by molar-refractivity contribution is 0.482. The second-order valence-corrected chi connectivity index (χ2v) is 7.26. The maximum Gasteiger partial charge on any atom is 0.125 e. The van der Waals surface area contributed by atoms with Gasteiger partial charge in [-0.25, -0.2) is 0 Å². The van der Waals surface area contributed by atoms with Crippen LogP contribution in [-0.2, 0) is 0 Å². The number of anilines is 1. The van der Waals surface area contributed by atoms with Gasteiger partial charge in [0, 0.05) is 21.8 Å². The molecule has 154 valence electrons. The van der Waals surface area contributed by atoms with Crippen molar-refractivity contribution in [3.63, 3.8) is 0 Å². The minimum Gasteiger partial charge on any atom is -0.507 e. The van der Waals surface area contributed by atoms with Crippen LogP contribution in [0.15, 0.2) is 118 Å². The lowest BCUT2D eigenvalue weighted by atomic mass is 10.1. The number of nitrogens with zero attached hydrogens (tertiary/aromatic N) is 4. The van der Waals surface area contributed by atoms with E-state index >= 15 is 0 Å². The number of rotatable bonds is 4. The molecule has 5 rings (SSSR count). The van der Waals surface area contributed by atoms with Gasteiger partial charge in [0.25, 0.3) is 0 Å². The lowest BCUT2D eigenvalue weighted by Gasteiger charge is -2.07. The van der Waals surface area contributed by atoms with Gasteiger partial charge in [0.05, 0.1) is 28.1 Å². The van der Waals surface area contributed by atoms with Gasteiger partial charge < -0.3 is 10.8 Å². The molecule has 6 nitrogen and oxygen atoms in total. The van der Waals surface area contributed by atoms with Crippen LogP contribution >= 0.6 is 0 Å². The monoisotopic (exact) mass is 417 g/mol. The standard InChI is InChI=1S/C26H19N5O/c27-21-13-14-24(26-20(21)11-6-12-25(26)32)31-30-23-16-15-22(18-9-4-5-10-19(18)23)29-28-17-7-2-1-3-8-17/h1-16,32H,27H2. The molecular weight excluding hydrogens is 398 g/mol. The first-order valence-electron chi connectivity index (χ1n) is 10.1. The van der Waals surface area contributed by atoms with Crippen LogP contribution in [0.25, 0.3) is 21.5 Å². The Kier molecular flexibility index (Phi) is 5.01. The van der Waals surface area contributed by atoms with E-state index < -0.39 is 0 Å². The fourth-order valence-corrected chi connectivity index (χ4v) is 3.63. The van der Waals surface area contributed by atoms with E-state index in [2.05, 4.69) is 20.5 Å². The molecule has 32 heavy (non-hydrogen) atoms. The van der Waals surface area contributed by atoms with Crippen molar-refractivity contribution in [3.8, 4) is 5.75 Å². The van der Waals surface area contributed by atoms with Gasteiger partial charge in [-0.05, 0) is 42.5 Å². The Bertz CT molecular complexity index is 1490. The molecule has 3 N–H and O–H groups in total. The first-order valence-corrected chi connectivity index (χ1v) is 10.1. The van der Waals surface area contributed by atoms with Crippen molar-refractivity contribution in [2.24, 2.45) is 20.5 Å². The Labute approximate surface area is 184 Å². The highest BCUT2D eigenvalue weighted by Crippen LogP contribution is 2.39. The lowest BCUT2D eigenvalue weighted by Crippen LogP contribution is -1.86. The van der Waals surface area contributed by atoms with E-state index in [1.807, 2.05) is 72.8 Å². The average molecular weight is 417 g/mol. The summed E-state index contributed by atoms with van der Waals surface area (Å²) in [5.74, 6) is 0.116. The Hall–Kier alpha value is -4.58. The van der Waals surface area contributed by atoms with E-state index in [-0.39, 0.29) is 5.75 Å². The van der Waals surface area contributed by atoms with Gasteiger partial charge in [-0.3, -0.25) is 0 Å². The van der Waals surface area contributed by atoms with Gasteiger partial charge in [-0.15, -0.1) is 15.3 Å². The summed E-state index contributed by atoms with van der Waals surface area (Å²) in [6, 6.07) is 29.9. The van der Waals surface area contributed by atoms with Crippen LogP contribution in [0, 0.1) is 0 Å². The topological polar surface area (TPSA) is 95.7 Å². The zero-order valence-electron chi connectivity index (χ0n) is 17.1. The van der Waals surface area contributed by atoms with Crippen LogP contribution in [0.2, 0.25) is 0 Å². The Morgan fingerprint density at radius 3 is 1.78 bits per heavy atom. The summed E-state index contributed by atoms with van der Waals surface area (Å²) in [7, 11) is 0. The normalized spacial score (nSPS) is 11.8. The quantitative estimate of drug-likeness (QED) is 0.228. The zero-order chi connectivity index (χ0) is 21.9. The molecule has 0 bridgehead atoms. The molecule has 0 aromatic heterocycles. The Balaban J connectivity index is 1.57. The molecule has 0 saturated carbocycles. The fourth-order valence-electron chi connectivity index (χ4n) is 3.63. The molecule has 0 atom stereocenters. The van der Waals surface area contributed by atoms with Crippen LogP contribution in [0.3, 0.4) is 0 Å². The molecule has 0 aliphatic heterocycles. The van der Waals surface area contributed by atoms with E-state index in [0.717, 1.165) is 27.5 Å². The largest absolute Gasteiger partial charge is 0.507 e. The minimum atomic E-state index is 0.116. The Morgan fingerprint density at radius 1 is 0.500 bits per heavy atom. The highest BCUT2D eigenvalue weighted by atomic mass is 16.3. The second kappa shape index (κ2) is 8.28. The number of hydrogen-bond donors (Lipinski definition) is 2. The number of aromatic hydroxyl groups is 1. The molecule has 0 amide bonds. The van der Waals surface area contributed by atoms with Crippen molar-refractivity contribution in [2.75, 3.05) is 5.73 Å². The number of hydrogen-bond acceptors (Lipinski definition) is 6. The third-order valence-corrected chi connectivity index (χ3v) is 5.20. The number of phenolic OH excluding ortho intramolecular Hbond substituents is 1. The van der Waals surface area contributed by atoms with E-state index in [1.54, 1.807) is 24.3 Å². The second-order valence-electron chi connectivity index (χ2n) is 7.26. The fraction of sp³-hybridized carbons (Fsp3) is 0. The van der Waals surface area contributed by atoms with E-state index in [4.69, 9.17) is 5.73 Å². The number of phenols is 1. The van der Waals surface area contributed by atoms with Crippen LogP contribution in [0.5, 0.6) is 5.75 Å². The predicted octanol–water partition coefficient (Wildman–Crippen LogP) is 8.11. The number of nitrogens with two attached hydrogens (primary N) is 1. The SMILES string of the molecule is Nc1ccc(N=Nc2ccc(N=Nc3ccccc3)c3ccccc23)c2c(O)cccc12. The predicted molar refractivity (Wildman–Crippen MR) is 129 cm³/mol. The summed E-state index contributed by atoms with van der Waals surface area (Å²) in [6.07, 6.45) is 0. The molecule has 5 aromatic rings. The summed E-state index contributed by atoms with van der Waals surface area (Å²) in [5.41, 5.74) is 9.41. The molecule has 0 heterocycles. The van der Waals surface area contributed by atoms with Gasteiger partial charge >= 0.3 is 0 Å². The third kappa shape index (κ3) is 3.65. The molecule has 0 saturated heterocycles. The van der Waals surface area contributed by atoms with Crippen LogP contribution in [0.1, 0.15) is 0 Å². The minimum absolute atomic E-state index is 0.116. The number of azo groups is 2. The number of nitrogen functional groups attached to an aromatic ring is 1. The van der Waals surface area contributed by atoms with E-state index in [1.165, 1.54) is 0 Å². The highest BCUT2D eigenvalue weighted by Gasteiger charge is 2.09. The molecule has 0 unspecified atom stereocenters. The maximum atomic E-state index is 10.4. The van der Waals surface area contributed by atoms with Crippen LogP contribution in [-0.4, -0.2) is 5.11 Å². The first-order chi connectivity index (χ1) is 15.7. The maximum absolute atomic E-state index is 10.4. The highest BCUT2D eigenvalue weighted by molar-refractivity contribution is 6.04. The molecule has 0 fully saturated rings. The molecule has 5 aromatic carbocycles. The van der Waals surface area contributed by atoms with E-state index in [9.17, 15) is 5.11 Å². The van der Waals surface area contributed by atoms with Crippen molar-refractivity contribution >= 4 is 50.0 Å². The van der Waals surface area contributed by atoms with Crippen molar-refractivity contribution in [3.05, 3.63) is 97.1 Å². The number of fused-ring (bicyclic) bond motifs is 2. The first kappa shape index (κ1) is 19.4. The molecule has 0 spiro atoms. The van der Waals surface area contributed by atoms with Gasteiger partial charge in [-0.1, -0.05) is 54.6 Å².